The van der Waals surface area contributed by atoms with Crippen molar-refractivity contribution < 1.29 is 15.0 Å². The van der Waals surface area contributed by atoms with E-state index in [2.05, 4.69) is 10.3 Å². The van der Waals surface area contributed by atoms with E-state index in [9.17, 15) is 9.90 Å². The molecule has 0 aliphatic rings. The van der Waals surface area contributed by atoms with Crippen LogP contribution in [0.2, 0.25) is 0 Å². The Morgan fingerprint density at radius 2 is 1.92 bits per heavy atom. The number of carboxylic acids is 1. The first-order valence-electron chi connectivity index (χ1n) is 7.92. The van der Waals surface area contributed by atoms with Crippen LogP contribution in [0.3, 0.4) is 0 Å². The number of aliphatic carboxylic acids is 1. The average Bonchev–Trinajstić information content (AvgIpc) is 3.09. The minimum atomic E-state index is -1.07. The number of benzene rings is 2. The van der Waals surface area contributed by atoms with Gasteiger partial charge in [0, 0.05) is 17.1 Å². The zero-order chi connectivity index (χ0) is 18.5. The van der Waals surface area contributed by atoms with Gasteiger partial charge in [0.05, 0.1) is 17.6 Å². The smallest absolute Gasteiger partial charge is 0.320 e. The number of phenols is 1. The van der Waals surface area contributed by atoms with Gasteiger partial charge in [-0.2, -0.15) is 0 Å². The van der Waals surface area contributed by atoms with Crippen molar-refractivity contribution in [3.63, 3.8) is 0 Å². The molecule has 0 radical (unpaired) electrons. The number of carboxylic acid groups (broad SMARTS) is 1. The Morgan fingerprint density at radius 1 is 1.19 bits per heavy atom. The average molecular weight is 370 g/mol. The number of nitrogens with two attached hydrogens (primary N) is 1. The minimum absolute atomic E-state index is 0.123. The van der Waals surface area contributed by atoms with Gasteiger partial charge in [-0.05, 0) is 29.8 Å². The van der Waals surface area contributed by atoms with Gasteiger partial charge in [-0.15, -0.1) is 16.9 Å². The number of aromatic nitrogens is 3. The zero-order valence-corrected chi connectivity index (χ0v) is 14.6. The summed E-state index contributed by atoms with van der Waals surface area (Å²) in [6.45, 7) is 0. The molecule has 1 aromatic heterocycles. The summed E-state index contributed by atoms with van der Waals surface area (Å²) in [5.74, 6) is -0.0822. The van der Waals surface area contributed by atoms with E-state index in [1.165, 1.54) is 0 Å². The molecule has 1 atom stereocenters. The molecule has 3 aromatic rings. The Kier molecular flexibility index (Phi) is 5.55. The third-order valence-electron chi connectivity index (χ3n) is 3.73. The van der Waals surface area contributed by atoms with Crippen LogP contribution in [0.5, 0.6) is 5.75 Å². The molecule has 0 saturated carbocycles. The van der Waals surface area contributed by atoms with Gasteiger partial charge >= 0.3 is 5.97 Å². The lowest BCUT2D eigenvalue weighted by Gasteiger charge is -2.08. The number of phenolic OH excluding ortho intramolecular Hbond substituents is 1. The summed E-state index contributed by atoms with van der Waals surface area (Å²) in [6, 6.07) is 13.9. The summed E-state index contributed by atoms with van der Waals surface area (Å²) in [6.07, 6.45) is 1.82. The number of thioether (sulfide) groups is 1. The molecule has 7 nitrogen and oxygen atoms in total. The van der Waals surface area contributed by atoms with Gasteiger partial charge in [0.15, 0.2) is 0 Å². The van der Waals surface area contributed by atoms with Crippen molar-refractivity contribution in [2.24, 2.45) is 5.73 Å². The van der Waals surface area contributed by atoms with Crippen LogP contribution in [0.25, 0.3) is 5.69 Å². The fraction of sp³-hybridized carbons (Fsp3) is 0.167. The Balaban J connectivity index is 1.75. The van der Waals surface area contributed by atoms with E-state index in [-0.39, 0.29) is 12.2 Å². The molecule has 0 bridgehead atoms. The molecule has 0 spiro atoms. The van der Waals surface area contributed by atoms with Gasteiger partial charge in [0.2, 0.25) is 0 Å². The Labute approximate surface area is 154 Å². The van der Waals surface area contributed by atoms with E-state index in [1.54, 1.807) is 34.8 Å². The highest BCUT2D eigenvalue weighted by molar-refractivity contribution is 7.98. The standard InChI is InChI=1S/C18H18N4O3S/c19-15(18(24)25)9-13-10-22(21-20-13)16-3-1-2-4-17(16)26-11-12-5-7-14(23)8-6-12/h1-8,10,15,23H,9,11,19H2,(H,24,25)/t15-/m0/s1. The molecule has 0 saturated heterocycles. The summed E-state index contributed by atoms with van der Waals surface area (Å²) in [5, 5.41) is 26.4. The maximum atomic E-state index is 10.9. The van der Waals surface area contributed by atoms with Crippen molar-refractivity contribution in [3.8, 4) is 11.4 Å². The van der Waals surface area contributed by atoms with Crippen molar-refractivity contribution in [2.75, 3.05) is 0 Å². The molecular formula is C18H18N4O3S. The highest BCUT2D eigenvalue weighted by atomic mass is 32.2. The van der Waals surface area contributed by atoms with Crippen LogP contribution >= 0.6 is 11.8 Å². The van der Waals surface area contributed by atoms with Crippen LogP contribution < -0.4 is 5.73 Å². The number of carbonyl (C=O) groups is 1. The van der Waals surface area contributed by atoms with E-state index < -0.39 is 12.0 Å². The van der Waals surface area contributed by atoms with E-state index >= 15 is 0 Å². The summed E-state index contributed by atoms with van der Waals surface area (Å²) in [4.78, 5) is 11.9. The van der Waals surface area contributed by atoms with Gasteiger partial charge < -0.3 is 15.9 Å². The van der Waals surface area contributed by atoms with Gasteiger partial charge in [-0.3, -0.25) is 4.79 Å². The number of para-hydroxylation sites is 1. The lowest BCUT2D eigenvalue weighted by molar-refractivity contribution is -0.138. The molecule has 8 heteroatoms. The van der Waals surface area contributed by atoms with Crippen molar-refractivity contribution >= 4 is 17.7 Å². The number of hydrogen-bond acceptors (Lipinski definition) is 6. The van der Waals surface area contributed by atoms with Gasteiger partial charge in [-0.25, -0.2) is 4.68 Å². The van der Waals surface area contributed by atoms with E-state index in [0.29, 0.717) is 5.69 Å². The molecule has 0 amide bonds. The SMILES string of the molecule is N[C@@H](Cc1cn(-c2ccccc2SCc2ccc(O)cc2)nn1)C(=O)O. The second-order valence-electron chi connectivity index (χ2n) is 5.73. The van der Waals surface area contributed by atoms with Crippen LogP contribution in [-0.4, -0.2) is 37.2 Å². The minimum Gasteiger partial charge on any atom is -0.508 e. The van der Waals surface area contributed by atoms with Crippen LogP contribution in [0.1, 0.15) is 11.3 Å². The second-order valence-corrected chi connectivity index (χ2v) is 6.74. The Bertz CT molecular complexity index is 895. The quantitative estimate of drug-likeness (QED) is 0.546. The molecule has 3 rings (SSSR count). The molecule has 1 heterocycles. The largest absolute Gasteiger partial charge is 0.508 e. The third kappa shape index (κ3) is 4.41. The molecule has 4 N–H and O–H groups in total. The van der Waals surface area contributed by atoms with Crippen molar-refractivity contribution in [3.05, 3.63) is 66.0 Å². The first kappa shape index (κ1) is 18.0. The van der Waals surface area contributed by atoms with Crippen LogP contribution in [-0.2, 0) is 17.0 Å². The third-order valence-corrected chi connectivity index (χ3v) is 4.86. The summed E-state index contributed by atoms with van der Waals surface area (Å²) >= 11 is 1.64. The fourth-order valence-electron chi connectivity index (χ4n) is 2.34. The number of hydrogen-bond donors (Lipinski definition) is 3. The predicted molar refractivity (Wildman–Crippen MR) is 98.3 cm³/mol. The van der Waals surface area contributed by atoms with Gasteiger partial charge in [-0.1, -0.05) is 29.5 Å². The Morgan fingerprint density at radius 3 is 2.65 bits per heavy atom. The number of rotatable bonds is 7. The van der Waals surface area contributed by atoms with Gasteiger partial charge in [0.1, 0.15) is 11.8 Å². The summed E-state index contributed by atoms with van der Waals surface area (Å²) < 4.78 is 1.63. The van der Waals surface area contributed by atoms with E-state index in [1.807, 2.05) is 36.4 Å². The number of aromatic hydroxyl groups is 1. The lowest BCUT2D eigenvalue weighted by atomic mass is 10.2. The molecular weight excluding hydrogens is 352 g/mol. The molecule has 134 valence electrons. The number of nitrogens with zero attached hydrogens (tertiary/aromatic N) is 3. The highest BCUT2D eigenvalue weighted by Crippen LogP contribution is 2.29. The van der Waals surface area contributed by atoms with Gasteiger partial charge in [0.25, 0.3) is 0 Å². The van der Waals surface area contributed by atoms with Crippen LogP contribution in [0, 0.1) is 0 Å². The predicted octanol–water partition coefficient (Wildman–Crippen LogP) is 2.22. The van der Waals surface area contributed by atoms with Crippen LogP contribution in [0.15, 0.2) is 59.6 Å². The maximum Gasteiger partial charge on any atom is 0.320 e. The lowest BCUT2D eigenvalue weighted by Crippen LogP contribution is -2.32. The Hall–Kier alpha value is -2.84. The van der Waals surface area contributed by atoms with Crippen molar-refractivity contribution in [2.45, 2.75) is 23.1 Å². The zero-order valence-electron chi connectivity index (χ0n) is 13.8. The highest BCUT2D eigenvalue weighted by Gasteiger charge is 2.15. The van der Waals surface area contributed by atoms with E-state index in [0.717, 1.165) is 21.9 Å². The second kappa shape index (κ2) is 8.03. The summed E-state index contributed by atoms with van der Waals surface area (Å²) in [7, 11) is 0. The molecule has 26 heavy (non-hydrogen) atoms. The molecule has 0 fully saturated rings. The fourth-order valence-corrected chi connectivity index (χ4v) is 3.34. The van der Waals surface area contributed by atoms with Crippen LogP contribution in [0.4, 0.5) is 0 Å². The molecule has 2 aromatic carbocycles. The monoisotopic (exact) mass is 370 g/mol. The normalized spacial score (nSPS) is 12.0. The first-order chi connectivity index (χ1) is 12.5. The van der Waals surface area contributed by atoms with Crippen molar-refractivity contribution in [1.29, 1.82) is 0 Å². The maximum absolute atomic E-state index is 10.9. The van der Waals surface area contributed by atoms with E-state index in [4.69, 9.17) is 10.8 Å². The topological polar surface area (TPSA) is 114 Å². The van der Waals surface area contributed by atoms with Crippen molar-refractivity contribution in [1.82, 2.24) is 15.0 Å². The molecule has 0 aliphatic carbocycles. The first-order valence-corrected chi connectivity index (χ1v) is 8.91. The summed E-state index contributed by atoms with van der Waals surface area (Å²) in [5.41, 5.74) is 8.03. The molecule has 0 aliphatic heterocycles. The molecule has 0 unspecified atom stereocenters.